The Balaban J connectivity index is 1.07. The Hall–Kier alpha value is -2.62. The fraction of sp³-hybridized carbons (Fsp3) is 0.621. The van der Waals surface area contributed by atoms with Crippen molar-refractivity contribution in [1.29, 1.82) is 0 Å². The highest BCUT2D eigenvalue weighted by Crippen LogP contribution is 2.57. The lowest BCUT2D eigenvalue weighted by molar-refractivity contribution is -0.135. The molecular formula is C29H37ClN6O3. The number of rotatable bonds is 6. The predicted molar refractivity (Wildman–Crippen MR) is 148 cm³/mol. The fourth-order valence-electron chi connectivity index (χ4n) is 7.24. The molecule has 3 heterocycles. The summed E-state index contributed by atoms with van der Waals surface area (Å²) in [6.07, 6.45) is 4.08. The van der Waals surface area contributed by atoms with Gasteiger partial charge in [0.25, 0.3) is 5.91 Å². The van der Waals surface area contributed by atoms with E-state index >= 15 is 0 Å². The van der Waals surface area contributed by atoms with Crippen molar-refractivity contribution in [1.82, 2.24) is 24.5 Å². The number of halogens is 1. The number of amides is 2. The Morgan fingerprint density at radius 2 is 1.92 bits per heavy atom. The number of β-amino-alcohol motifs (C(OH)–C–C–N with tert-alkyl or cyclic N) is 1. The molecule has 3 aliphatic carbocycles. The summed E-state index contributed by atoms with van der Waals surface area (Å²) in [4.78, 5) is 35.9. The first-order chi connectivity index (χ1) is 18.9. The van der Waals surface area contributed by atoms with E-state index in [-0.39, 0.29) is 30.5 Å². The summed E-state index contributed by atoms with van der Waals surface area (Å²) in [5, 5.41) is 14.8. The van der Waals surface area contributed by atoms with Crippen LogP contribution >= 0.6 is 11.6 Å². The molecule has 1 aromatic carbocycles. The van der Waals surface area contributed by atoms with E-state index in [1.54, 1.807) is 0 Å². The summed E-state index contributed by atoms with van der Waals surface area (Å²) < 4.78 is 1.86. The summed E-state index contributed by atoms with van der Waals surface area (Å²) >= 11 is 6.40. The molecule has 39 heavy (non-hydrogen) atoms. The van der Waals surface area contributed by atoms with Crippen LogP contribution in [0.25, 0.3) is 0 Å². The molecule has 7 rings (SSSR count). The van der Waals surface area contributed by atoms with Gasteiger partial charge in [-0.05, 0) is 62.1 Å². The van der Waals surface area contributed by atoms with Crippen molar-refractivity contribution in [2.24, 2.45) is 5.92 Å². The molecule has 1 spiro atoms. The normalized spacial score (nSPS) is 25.2. The second-order valence-electron chi connectivity index (χ2n) is 12.1. The summed E-state index contributed by atoms with van der Waals surface area (Å²) in [5.74, 6) is 1.14. The minimum absolute atomic E-state index is 0.00202. The number of aliphatic hydroxyl groups is 1. The molecule has 2 saturated heterocycles. The van der Waals surface area contributed by atoms with Crippen LogP contribution in [-0.2, 0) is 17.8 Å². The van der Waals surface area contributed by atoms with Gasteiger partial charge in [0, 0.05) is 74.3 Å². The molecule has 2 amide bonds. The minimum atomic E-state index is -0.116. The molecule has 0 bridgehead atoms. The van der Waals surface area contributed by atoms with Gasteiger partial charge in [0.15, 0.2) is 5.69 Å². The highest BCUT2D eigenvalue weighted by Gasteiger charge is 2.54. The van der Waals surface area contributed by atoms with E-state index in [4.69, 9.17) is 16.7 Å². The van der Waals surface area contributed by atoms with Crippen molar-refractivity contribution in [2.75, 3.05) is 63.9 Å². The molecule has 1 unspecified atom stereocenters. The number of carbonyl (C=O) groups excluding carboxylic acids is 2. The van der Waals surface area contributed by atoms with Crippen molar-refractivity contribution >= 4 is 29.1 Å². The lowest BCUT2D eigenvalue weighted by Gasteiger charge is -2.43. The number of hydrogen-bond acceptors (Lipinski definition) is 6. The van der Waals surface area contributed by atoms with Crippen molar-refractivity contribution in [3.05, 3.63) is 45.7 Å². The number of fused-ring (bicyclic) bond motifs is 3. The number of anilines is 1. The fourth-order valence-corrected chi connectivity index (χ4v) is 7.41. The smallest absolute Gasteiger partial charge is 0.274 e. The van der Waals surface area contributed by atoms with E-state index < -0.39 is 0 Å². The lowest BCUT2D eigenvalue weighted by atomic mass is 10.1. The molecule has 1 aromatic heterocycles. The second kappa shape index (κ2) is 9.49. The SMILES string of the molecule is Cc1c(Cl)cccc1N1CCN(C(=O)Cn2nc(C(=O)N3CCN(CCO)CC3)c3c2C[C@H]2CC32)C2(CC2)C1. The molecule has 2 aliphatic heterocycles. The number of aliphatic hydroxyl groups excluding tert-OH is 1. The summed E-state index contributed by atoms with van der Waals surface area (Å²) in [6.45, 7) is 8.16. The zero-order valence-corrected chi connectivity index (χ0v) is 23.4. The first-order valence-electron chi connectivity index (χ1n) is 14.4. The zero-order valence-electron chi connectivity index (χ0n) is 22.6. The van der Waals surface area contributed by atoms with E-state index in [1.165, 1.54) is 0 Å². The van der Waals surface area contributed by atoms with Crippen LogP contribution in [0.15, 0.2) is 18.2 Å². The molecule has 2 saturated carbocycles. The Labute approximate surface area is 234 Å². The largest absolute Gasteiger partial charge is 0.395 e. The van der Waals surface area contributed by atoms with Crippen molar-refractivity contribution < 1.29 is 14.7 Å². The lowest BCUT2D eigenvalue weighted by Crippen LogP contribution is -2.58. The van der Waals surface area contributed by atoms with Crippen LogP contribution in [0, 0.1) is 12.8 Å². The third-order valence-corrected chi connectivity index (χ3v) is 10.2. The van der Waals surface area contributed by atoms with Crippen molar-refractivity contribution in [2.45, 2.75) is 50.6 Å². The number of nitrogens with zero attached hydrogens (tertiary/aromatic N) is 6. The standard InChI is InChI=1S/C29H37ClN6O3/c1-19-22(30)3-2-4-23(19)34-11-12-35(29(18-34)5-6-29)25(38)17-36-24-16-20-15-21(20)26(24)27(31-36)28(39)33-9-7-32(8-10-33)13-14-37/h2-4,20-21,37H,5-18H2,1H3/t20-,21?/m1/s1. The highest BCUT2D eigenvalue weighted by molar-refractivity contribution is 6.31. The topological polar surface area (TPSA) is 85.2 Å². The van der Waals surface area contributed by atoms with Gasteiger partial charge in [0.1, 0.15) is 6.54 Å². The maximum atomic E-state index is 13.8. The van der Waals surface area contributed by atoms with Crippen LogP contribution in [0.3, 0.4) is 0 Å². The van der Waals surface area contributed by atoms with Gasteiger partial charge >= 0.3 is 0 Å². The first-order valence-corrected chi connectivity index (χ1v) is 14.8. The van der Waals surface area contributed by atoms with Crippen LogP contribution in [0.1, 0.15) is 52.5 Å². The van der Waals surface area contributed by atoms with E-state index in [1.807, 2.05) is 21.7 Å². The molecule has 5 aliphatic rings. The maximum Gasteiger partial charge on any atom is 0.274 e. The van der Waals surface area contributed by atoms with Gasteiger partial charge in [-0.15, -0.1) is 0 Å². The summed E-state index contributed by atoms with van der Waals surface area (Å²) in [6, 6.07) is 6.05. The van der Waals surface area contributed by atoms with Gasteiger partial charge in [-0.1, -0.05) is 17.7 Å². The Bertz CT molecular complexity index is 1310. The predicted octanol–water partition coefficient (Wildman–Crippen LogP) is 2.14. The van der Waals surface area contributed by atoms with Gasteiger partial charge in [0.05, 0.1) is 12.1 Å². The third-order valence-electron chi connectivity index (χ3n) is 9.77. The van der Waals surface area contributed by atoms with E-state index in [0.717, 1.165) is 79.4 Å². The summed E-state index contributed by atoms with van der Waals surface area (Å²) in [7, 11) is 0. The first kappa shape index (κ1) is 25.4. The van der Waals surface area contributed by atoms with E-state index in [0.29, 0.717) is 43.7 Å². The quantitative estimate of drug-likeness (QED) is 0.591. The van der Waals surface area contributed by atoms with E-state index in [9.17, 15) is 14.7 Å². The van der Waals surface area contributed by atoms with Gasteiger partial charge < -0.3 is 19.8 Å². The molecule has 4 fully saturated rings. The Morgan fingerprint density at radius 3 is 2.67 bits per heavy atom. The Kier molecular flexibility index (Phi) is 6.17. The average Bonchev–Trinajstić information content (AvgIpc) is 3.82. The molecule has 208 valence electrons. The number of aromatic nitrogens is 2. The van der Waals surface area contributed by atoms with Crippen LogP contribution in [0.4, 0.5) is 5.69 Å². The maximum absolute atomic E-state index is 13.8. The molecule has 0 radical (unpaired) electrons. The molecule has 1 N–H and O–H groups in total. The number of hydrogen-bond donors (Lipinski definition) is 1. The number of benzene rings is 1. The molecule has 10 heteroatoms. The van der Waals surface area contributed by atoms with Crippen molar-refractivity contribution in [3.8, 4) is 0 Å². The van der Waals surface area contributed by atoms with Gasteiger partial charge in [-0.25, -0.2) is 0 Å². The van der Waals surface area contributed by atoms with Crippen LogP contribution in [-0.4, -0.2) is 106 Å². The highest BCUT2D eigenvalue weighted by atomic mass is 35.5. The second-order valence-corrected chi connectivity index (χ2v) is 12.5. The average molecular weight is 553 g/mol. The summed E-state index contributed by atoms with van der Waals surface area (Å²) in [5.41, 5.74) is 4.91. The molecule has 2 aromatic rings. The van der Waals surface area contributed by atoms with Crippen LogP contribution < -0.4 is 4.90 Å². The third kappa shape index (κ3) is 4.33. The monoisotopic (exact) mass is 552 g/mol. The van der Waals surface area contributed by atoms with Gasteiger partial charge in [-0.2, -0.15) is 5.10 Å². The molecular weight excluding hydrogens is 516 g/mol. The minimum Gasteiger partial charge on any atom is -0.395 e. The number of carbonyl (C=O) groups is 2. The molecule has 2 atom stereocenters. The van der Waals surface area contributed by atoms with Crippen LogP contribution in [0.2, 0.25) is 5.02 Å². The Morgan fingerprint density at radius 1 is 1.13 bits per heavy atom. The van der Waals surface area contributed by atoms with E-state index in [2.05, 4.69) is 27.7 Å². The van der Waals surface area contributed by atoms with Gasteiger partial charge in [-0.3, -0.25) is 19.2 Å². The van der Waals surface area contributed by atoms with Crippen molar-refractivity contribution in [3.63, 3.8) is 0 Å². The number of piperazine rings is 2. The molecule has 9 nitrogen and oxygen atoms in total. The van der Waals surface area contributed by atoms with Crippen LogP contribution in [0.5, 0.6) is 0 Å². The zero-order chi connectivity index (χ0) is 26.9. The van der Waals surface area contributed by atoms with Gasteiger partial charge in [0.2, 0.25) is 5.91 Å².